The maximum Gasteiger partial charge on any atom is 0.417 e. The van der Waals surface area contributed by atoms with E-state index in [1.54, 1.807) is 0 Å². The number of alkyl halides is 6. The number of carboxylic acids is 1. The van der Waals surface area contributed by atoms with Crippen LogP contribution in [0.4, 0.5) is 26.3 Å². The Morgan fingerprint density at radius 3 is 2.00 bits per heavy atom. The predicted octanol–water partition coefficient (Wildman–Crippen LogP) is 5.09. The highest BCUT2D eigenvalue weighted by molar-refractivity contribution is 5.89. The Hall–Kier alpha value is -2.51. The van der Waals surface area contributed by atoms with Crippen molar-refractivity contribution in [2.45, 2.75) is 12.4 Å². The molecule has 0 aliphatic carbocycles. The summed E-state index contributed by atoms with van der Waals surface area (Å²) in [6, 6.07) is 6.38. The van der Waals surface area contributed by atoms with Gasteiger partial charge in [0.15, 0.2) is 0 Å². The summed E-state index contributed by atoms with van der Waals surface area (Å²) in [5, 5.41) is 8.87. The molecule has 0 fully saturated rings. The van der Waals surface area contributed by atoms with Crippen molar-refractivity contribution in [2.75, 3.05) is 0 Å². The van der Waals surface area contributed by atoms with E-state index in [1.807, 2.05) is 0 Å². The van der Waals surface area contributed by atoms with E-state index in [0.29, 0.717) is 6.07 Å². The van der Waals surface area contributed by atoms with E-state index in [-0.39, 0.29) is 11.1 Å². The first-order chi connectivity index (χ1) is 10.5. The van der Waals surface area contributed by atoms with Crippen LogP contribution >= 0.6 is 0 Å². The molecule has 2 aromatic carbocycles. The van der Waals surface area contributed by atoms with Crippen molar-refractivity contribution < 1.29 is 36.2 Å². The Balaban J connectivity index is 2.78. The highest BCUT2D eigenvalue weighted by Crippen LogP contribution is 2.45. The van der Waals surface area contributed by atoms with Crippen LogP contribution in [0.25, 0.3) is 11.1 Å². The molecular weight excluding hydrogens is 326 g/mol. The SMILES string of the molecule is O=C(O)c1cccc(-c2cccc(C(F)(F)F)c2C(F)(F)F)c1. The molecule has 0 aliphatic heterocycles. The minimum atomic E-state index is -5.25. The highest BCUT2D eigenvalue weighted by Gasteiger charge is 2.44. The normalized spacial score (nSPS) is 12.3. The molecule has 0 atom stereocenters. The summed E-state index contributed by atoms with van der Waals surface area (Å²) in [7, 11) is 0. The topological polar surface area (TPSA) is 37.3 Å². The zero-order chi connectivity index (χ0) is 17.4. The van der Waals surface area contributed by atoms with E-state index < -0.39 is 35.0 Å². The lowest BCUT2D eigenvalue weighted by molar-refractivity contribution is -0.161. The molecule has 0 spiro atoms. The van der Waals surface area contributed by atoms with Gasteiger partial charge in [0.1, 0.15) is 0 Å². The number of aromatic carboxylic acids is 1. The van der Waals surface area contributed by atoms with Gasteiger partial charge in [-0.05, 0) is 29.3 Å². The zero-order valence-electron chi connectivity index (χ0n) is 11.2. The van der Waals surface area contributed by atoms with Crippen LogP contribution in [0.1, 0.15) is 21.5 Å². The Morgan fingerprint density at radius 1 is 0.870 bits per heavy atom. The summed E-state index contributed by atoms with van der Waals surface area (Å²) >= 11 is 0. The number of hydrogen-bond donors (Lipinski definition) is 1. The van der Waals surface area contributed by atoms with Crippen molar-refractivity contribution in [3.05, 3.63) is 59.2 Å². The summed E-state index contributed by atoms with van der Waals surface area (Å²) in [6.45, 7) is 0. The van der Waals surface area contributed by atoms with Crippen molar-refractivity contribution in [1.82, 2.24) is 0 Å². The second-order valence-corrected chi connectivity index (χ2v) is 4.61. The van der Waals surface area contributed by atoms with E-state index in [1.165, 1.54) is 6.07 Å². The Labute approximate surface area is 126 Å². The third-order valence-corrected chi connectivity index (χ3v) is 3.07. The lowest BCUT2D eigenvalue weighted by atomic mass is 9.93. The summed E-state index contributed by atoms with van der Waals surface area (Å²) in [6.07, 6.45) is -10.4. The molecule has 122 valence electrons. The molecule has 0 radical (unpaired) electrons. The molecule has 8 heteroatoms. The Kier molecular flexibility index (Phi) is 4.10. The van der Waals surface area contributed by atoms with E-state index >= 15 is 0 Å². The lowest BCUT2D eigenvalue weighted by Crippen LogP contribution is -2.17. The number of benzene rings is 2. The van der Waals surface area contributed by atoms with Crippen LogP contribution in [0.5, 0.6) is 0 Å². The molecule has 2 nitrogen and oxygen atoms in total. The van der Waals surface area contributed by atoms with E-state index in [4.69, 9.17) is 5.11 Å². The first kappa shape index (κ1) is 16.9. The number of carboxylic acid groups (broad SMARTS) is 1. The third kappa shape index (κ3) is 3.46. The smallest absolute Gasteiger partial charge is 0.417 e. The molecule has 0 aromatic heterocycles. The fourth-order valence-electron chi connectivity index (χ4n) is 2.15. The quantitative estimate of drug-likeness (QED) is 0.777. The molecule has 0 amide bonds. The summed E-state index contributed by atoms with van der Waals surface area (Å²) in [5.41, 5.74) is -4.97. The second kappa shape index (κ2) is 5.60. The summed E-state index contributed by atoms with van der Waals surface area (Å²) < 4.78 is 78.2. The third-order valence-electron chi connectivity index (χ3n) is 3.07. The second-order valence-electron chi connectivity index (χ2n) is 4.61. The first-order valence-corrected chi connectivity index (χ1v) is 6.13. The number of halogens is 6. The fourth-order valence-corrected chi connectivity index (χ4v) is 2.15. The maximum absolute atomic E-state index is 13.2. The molecular formula is C15H8F6O2. The highest BCUT2D eigenvalue weighted by atomic mass is 19.4. The molecule has 2 aromatic rings. The summed E-state index contributed by atoms with van der Waals surface area (Å²) in [5.74, 6) is -1.40. The molecule has 0 heterocycles. The van der Waals surface area contributed by atoms with Gasteiger partial charge in [0.25, 0.3) is 0 Å². The van der Waals surface area contributed by atoms with Crippen LogP contribution in [-0.2, 0) is 12.4 Å². The minimum absolute atomic E-state index is 0.261. The van der Waals surface area contributed by atoms with E-state index in [9.17, 15) is 31.1 Å². The van der Waals surface area contributed by atoms with Crippen LogP contribution < -0.4 is 0 Å². The van der Waals surface area contributed by atoms with Crippen LogP contribution in [0.2, 0.25) is 0 Å². The standard InChI is InChI=1S/C15H8F6O2/c16-14(17,18)11-6-2-5-10(12(11)15(19,20)21)8-3-1-4-9(7-8)13(22)23/h1-7H,(H,22,23). The molecule has 0 aliphatic rings. The average Bonchev–Trinajstić information content (AvgIpc) is 2.44. The van der Waals surface area contributed by atoms with Crippen molar-refractivity contribution in [3.8, 4) is 11.1 Å². The number of hydrogen-bond acceptors (Lipinski definition) is 1. The summed E-state index contributed by atoms with van der Waals surface area (Å²) in [4.78, 5) is 10.9. The molecule has 1 N–H and O–H groups in total. The van der Waals surface area contributed by atoms with Crippen LogP contribution in [0, 0.1) is 0 Å². The minimum Gasteiger partial charge on any atom is -0.478 e. The predicted molar refractivity (Wildman–Crippen MR) is 68.8 cm³/mol. The monoisotopic (exact) mass is 334 g/mol. The molecule has 0 saturated carbocycles. The molecule has 0 bridgehead atoms. The van der Waals surface area contributed by atoms with Crippen LogP contribution in [0.15, 0.2) is 42.5 Å². The van der Waals surface area contributed by atoms with E-state index in [0.717, 1.165) is 30.3 Å². The van der Waals surface area contributed by atoms with Gasteiger partial charge in [-0.15, -0.1) is 0 Å². The van der Waals surface area contributed by atoms with Crippen molar-refractivity contribution in [3.63, 3.8) is 0 Å². The van der Waals surface area contributed by atoms with Gasteiger partial charge in [0.05, 0.1) is 16.7 Å². The maximum atomic E-state index is 13.2. The first-order valence-electron chi connectivity index (χ1n) is 6.13. The molecule has 0 saturated heterocycles. The number of rotatable bonds is 2. The van der Waals surface area contributed by atoms with Crippen molar-refractivity contribution >= 4 is 5.97 Å². The van der Waals surface area contributed by atoms with Crippen LogP contribution in [-0.4, -0.2) is 11.1 Å². The van der Waals surface area contributed by atoms with Crippen molar-refractivity contribution in [1.29, 1.82) is 0 Å². The largest absolute Gasteiger partial charge is 0.478 e. The Morgan fingerprint density at radius 2 is 1.48 bits per heavy atom. The van der Waals surface area contributed by atoms with Gasteiger partial charge in [-0.3, -0.25) is 0 Å². The lowest BCUT2D eigenvalue weighted by Gasteiger charge is -2.19. The fraction of sp³-hybridized carbons (Fsp3) is 0.133. The number of carbonyl (C=O) groups is 1. The van der Waals surface area contributed by atoms with Crippen molar-refractivity contribution in [2.24, 2.45) is 0 Å². The van der Waals surface area contributed by atoms with Crippen LogP contribution in [0.3, 0.4) is 0 Å². The van der Waals surface area contributed by atoms with Gasteiger partial charge in [-0.2, -0.15) is 26.3 Å². The average molecular weight is 334 g/mol. The molecule has 23 heavy (non-hydrogen) atoms. The van der Waals surface area contributed by atoms with Gasteiger partial charge < -0.3 is 5.11 Å². The molecule has 2 rings (SSSR count). The zero-order valence-corrected chi connectivity index (χ0v) is 11.2. The van der Waals surface area contributed by atoms with Gasteiger partial charge in [-0.25, -0.2) is 4.79 Å². The Bertz CT molecular complexity index is 746. The van der Waals surface area contributed by atoms with Gasteiger partial charge >= 0.3 is 18.3 Å². The molecule has 0 unspecified atom stereocenters. The van der Waals surface area contributed by atoms with Gasteiger partial charge in [-0.1, -0.05) is 24.3 Å². The van der Waals surface area contributed by atoms with Gasteiger partial charge in [0.2, 0.25) is 0 Å². The van der Waals surface area contributed by atoms with E-state index in [2.05, 4.69) is 0 Å². The van der Waals surface area contributed by atoms with Gasteiger partial charge in [0, 0.05) is 0 Å².